The van der Waals surface area contributed by atoms with E-state index >= 15 is 0 Å². The molecule has 0 radical (unpaired) electrons. The van der Waals surface area contributed by atoms with Crippen LogP contribution in [0.5, 0.6) is 0 Å². The molecule has 0 saturated heterocycles. The minimum Gasteiger partial charge on any atom is -0.349 e. The third-order valence-electron chi connectivity index (χ3n) is 4.30. The highest BCUT2D eigenvalue weighted by Crippen LogP contribution is 2.32. The fourth-order valence-electron chi connectivity index (χ4n) is 3.06. The van der Waals surface area contributed by atoms with Crippen molar-refractivity contribution in [1.82, 2.24) is 5.32 Å². The molecule has 1 fully saturated rings. The van der Waals surface area contributed by atoms with Crippen LogP contribution in [0.15, 0.2) is 24.3 Å². The van der Waals surface area contributed by atoms with Gasteiger partial charge in [-0.3, -0.25) is 4.79 Å². The summed E-state index contributed by atoms with van der Waals surface area (Å²) >= 11 is 5.91. The Bertz CT molecular complexity index is 450. The molecule has 1 aliphatic carbocycles. The monoisotopic (exact) mass is 330 g/mol. The second-order valence-corrected chi connectivity index (χ2v) is 5.99. The van der Waals surface area contributed by atoms with Crippen LogP contribution >= 0.6 is 24.0 Å². The van der Waals surface area contributed by atoms with Crippen LogP contribution < -0.4 is 11.1 Å². The lowest BCUT2D eigenvalue weighted by atomic mass is 9.94. The summed E-state index contributed by atoms with van der Waals surface area (Å²) in [6, 6.07) is 7.74. The predicted octanol–water partition coefficient (Wildman–Crippen LogP) is 3.70. The topological polar surface area (TPSA) is 55.1 Å². The first-order valence-electron chi connectivity index (χ1n) is 7.41. The van der Waals surface area contributed by atoms with Crippen molar-refractivity contribution in [3.63, 3.8) is 0 Å². The van der Waals surface area contributed by atoms with Crippen LogP contribution in [-0.2, 0) is 4.79 Å². The molecule has 1 unspecified atom stereocenters. The summed E-state index contributed by atoms with van der Waals surface area (Å²) in [6.45, 7) is 2.68. The number of hydrogen-bond donors (Lipinski definition) is 2. The van der Waals surface area contributed by atoms with Crippen LogP contribution in [0, 0.1) is 11.8 Å². The fourth-order valence-corrected chi connectivity index (χ4v) is 3.19. The van der Waals surface area contributed by atoms with Crippen LogP contribution in [0.3, 0.4) is 0 Å². The van der Waals surface area contributed by atoms with Gasteiger partial charge < -0.3 is 11.1 Å². The molecule has 0 heterocycles. The zero-order valence-electron chi connectivity index (χ0n) is 12.3. The van der Waals surface area contributed by atoms with Gasteiger partial charge in [-0.1, -0.05) is 37.1 Å². The molecule has 0 bridgehead atoms. The summed E-state index contributed by atoms with van der Waals surface area (Å²) in [5.74, 6) is 0.582. The number of nitrogens with one attached hydrogen (secondary N) is 1. The molecule has 21 heavy (non-hydrogen) atoms. The van der Waals surface area contributed by atoms with Crippen molar-refractivity contribution in [3.05, 3.63) is 34.9 Å². The van der Waals surface area contributed by atoms with Crippen molar-refractivity contribution in [3.8, 4) is 0 Å². The van der Waals surface area contributed by atoms with Gasteiger partial charge in [-0.25, -0.2) is 0 Å². The highest BCUT2D eigenvalue weighted by molar-refractivity contribution is 6.30. The third-order valence-corrected chi connectivity index (χ3v) is 4.55. The Morgan fingerprint density at radius 3 is 2.62 bits per heavy atom. The quantitative estimate of drug-likeness (QED) is 0.864. The maximum Gasteiger partial charge on any atom is 0.223 e. The van der Waals surface area contributed by atoms with E-state index in [1.165, 1.54) is 0 Å². The molecular weight excluding hydrogens is 307 g/mol. The Kier molecular flexibility index (Phi) is 7.50. The molecule has 5 heteroatoms. The lowest BCUT2D eigenvalue weighted by Crippen LogP contribution is -2.37. The molecule has 118 valence electrons. The second-order valence-electron chi connectivity index (χ2n) is 5.55. The Morgan fingerprint density at radius 1 is 1.38 bits per heavy atom. The number of rotatable bonds is 5. The number of carbonyl (C=O) groups is 1. The molecule has 1 amide bonds. The van der Waals surface area contributed by atoms with Crippen LogP contribution in [0.25, 0.3) is 0 Å². The van der Waals surface area contributed by atoms with E-state index in [0.717, 1.165) is 31.2 Å². The molecule has 0 aromatic heterocycles. The number of benzene rings is 1. The van der Waals surface area contributed by atoms with Gasteiger partial charge in [0.15, 0.2) is 0 Å². The fraction of sp³-hybridized carbons (Fsp3) is 0.562. The number of nitrogens with two attached hydrogens (primary N) is 1. The molecule has 3 nitrogen and oxygen atoms in total. The molecule has 0 aliphatic heterocycles. The maximum absolute atomic E-state index is 12.4. The number of halogens is 2. The molecule has 2 rings (SSSR count). The maximum atomic E-state index is 12.4. The Hall–Kier alpha value is -0.770. The summed E-state index contributed by atoms with van der Waals surface area (Å²) < 4.78 is 0. The van der Waals surface area contributed by atoms with Gasteiger partial charge in [-0.15, -0.1) is 12.4 Å². The predicted molar refractivity (Wildman–Crippen MR) is 89.8 cm³/mol. The van der Waals surface area contributed by atoms with Crippen LogP contribution in [0.2, 0.25) is 5.02 Å². The summed E-state index contributed by atoms with van der Waals surface area (Å²) in [4.78, 5) is 12.4. The minimum atomic E-state index is 0. The van der Waals surface area contributed by atoms with Crippen molar-refractivity contribution in [2.45, 2.75) is 38.6 Å². The smallest absolute Gasteiger partial charge is 0.223 e. The van der Waals surface area contributed by atoms with Crippen LogP contribution in [0.4, 0.5) is 0 Å². The van der Waals surface area contributed by atoms with Crippen molar-refractivity contribution in [2.24, 2.45) is 17.6 Å². The summed E-state index contributed by atoms with van der Waals surface area (Å²) in [5.41, 5.74) is 6.86. The molecule has 0 spiro atoms. The molecule has 1 aliphatic rings. The molecule has 1 saturated carbocycles. The molecular formula is C16H24Cl2N2O. The number of hydrogen-bond acceptors (Lipinski definition) is 2. The zero-order valence-corrected chi connectivity index (χ0v) is 13.9. The van der Waals surface area contributed by atoms with E-state index in [4.69, 9.17) is 17.3 Å². The first kappa shape index (κ1) is 18.3. The van der Waals surface area contributed by atoms with E-state index in [2.05, 4.69) is 12.2 Å². The standard InChI is InChI=1S/C16H23ClN2O.ClH/c1-2-15(11-6-8-13(17)9-7-11)19-16(20)14-5-3-4-12(14)10-18;/h6-9,12,14-15H,2-5,10,18H2,1H3,(H,19,20);1H/t12-,14-,15?;/m1./s1. The lowest BCUT2D eigenvalue weighted by Gasteiger charge is -2.23. The van der Waals surface area contributed by atoms with Gasteiger partial charge in [0.05, 0.1) is 6.04 Å². The minimum absolute atomic E-state index is 0. The normalized spacial score (nSPS) is 22.4. The van der Waals surface area contributed by atoms with Gasteiger partial charge in [0.25, 0.3) is 0 Å². The lowest BCUT2D eigenvalue weighted by molar-refractivity contribution is -0.126. The largest absolute Gasteiger partial charge is 0.349 e. The highest BCUT2D eigenvalue weighted by atomic mass is 35.5. The van der Waals surface area contributed by atoms with E-state index in [-0.39, 0.29) is 30.3 Å². The van der Waals surface area contributed by atoms with Crippen molar-refractivity contribution in [2.75, 3.05) is 6.54 Å². The summed E-state index contributed by atoms with van der Waals surface area (Å²) in [5, 5.41) is 3.89. The Morgan fingerprint density at radius 2 is 2.05 bits per heavy atom. The van der Waals surface area contributed by atoms with E-state index in [1.54, 1.807) is 0 Å². The first-order valence-corrected chi connectivity index (χ1v) is 7.79. The zero-order chi connectivity index (χ0) is 14.5. The molecule has 3 N–H and O–H groups in total. The van der Waals surface area contributed by atoms with Gasteiger partial charge in [0.1, 0.15) is 0 Å². The van der Waals surface area contributed by atoms with Crippen molar-refractivity contribution in [1.29, 1.82) is 0 Å². The third kappa shape index (κ3) is 4.60. The summed E-state index contributed by atoms with van der Waals surface area (Å²) in [6.07, 6.45) is 4.02. The van der Waals surface area contributed by atoms with Crippen molar-refractivity contribution >= 4 is 29.9 Å². The van der Waals surface area contributed by atoms with E-state index in [9.17, 15) is 4.79 Å². The molecule has 1 aromatic carbocycles. The van der Waals surface area contributed by atoms with Gasteiger partial charge in [-0.05, 0) is 49.4 Å². The highest BCUT2D eigenvalue weighted by Gasteiger charge is 2.32. The molecule has 3 atom stereocenters. The van der Waals surface area contributed by atoms with E-state index < -0.39 is 0 Å². The Labute approximate surface area is 138 Å². The first-order chi connectivity index (χ1) is 9.65. The van der Waals surface area contributed by atoms with Crippen LogP contribution in [-0.4, -0.2) is 12.5 Å². The van der Waals surface area contributed by atoms with Crippen molar-refractivity contribution < 1.29 is 4.79 Å². The van der Waals surface area contributed by atoms with Gasteiger partial charge in [-0.2, -0.15) is 0 Å². The van der Waals surface area contributed by atoms with E-state index in [1.807, 2.05) is 24.3 Å². The Balaban J connectivity index is 0.00000220. The number of amides is 1. The van der Waals surface area contributed by atoms with Crippen LogP contribution in [0.1, 0.15) is 44.2 Å². The summed E-state index contributed by atoms with van der Waals surface area (Å²) in [7, 11) is 0. The number of carbonyl (C=O) groups excluding carboxylic acids is 1. The average molecular weight is 331 g/mol. The van der Waals surface area contributed by atoms with Gasteiger partial charge in [0, 0.05) is 10.9 Å². The molecule has 1 aromatic rings. The average Bonchev–Trinajstić information content (AvgIpc) is 2.94. The van der Waals surface area contributed by atoms with Gasteiger partial charge in [0.2, 0.25) is 5.91 Å². The van der Waals surface area contributed by atoms with Gasteiger partial charge >= 0.3 is 0 Å². The second kappa shape index (κ2) is 8.62. The van der Waals surface area contributed by atoms with E-state index in [0.29, 0.717) is 17.5 Å². The SMILES string of the molecule is CCC(NC(=O)[C@@H]1CCC[C@@H]1CN)c1ccc(Cl)cc1.Cl.